The first-order valence-electron chi connectivity index (χ1n) is 23.0. The molecule has 68 heavy (non-hydrogen) atoms. The van der Waals surface area contributed by atoms with Crippen LogP contribution in [0.15, 0.2) is 62.7 Å². The lowest BCUT2D eigenvalue weighted by Gasteiger charge is -2.38. The van der Waals surface area contributed by atoms with Crippen LogP contribution < -0.4 is 20.4 Å². The van der Waals surface area contributed by atoms with E-state index in [1.165, 1.54) is 53.2 Å². The molecule has 0 spiro atoms. The van der Waals surface area contributed by atoms with E-state index in [0.717, 1.165) is 13.1 Å². The van der Waals surface area contributed by atoms with E-state index in [1.807, 2.05) is 0 Å². The lowest BCUT2D eigenvalue weighted by atomic mass is 9.78. The molecule has 5 N–H and O–H groups in total. The van der Waals surface area contributed by atoms with E-state index < -0.39 is 83.0 Å². The second-order valence-electron chi connectivity index (χ2n) is 18.9. The highest BCUT2D eigenvalue weighted by molar-refractivity contribution is 6.20. The maximum atomic E-state index is 14.5. The maximum absolute atomic E-state index is 14.5. The van der Waals surface area contributed by atoms with Crippen molar-refractivity contribution in [1.82, 2.24) is 9.88 Å². The molecule has 3 aromatic carbocycles. The van der Waals surface area contributed by atoms with Crippen LogP contribution in [-0.4, -0.2) is 112 Å². The highest BCUT2D eigenvalue weighted by atomic mass is 16.7. The molecule has 1 unspecified atom stereocenters. The second kappa shape index (κ2) is 19.5. The van der Waals surface area contributed by atoms with E-state index in [9.17, 15) is 39.7 Å². The number of allylic oxidation sites excluding steroid dienone is 2. The molecule has 4 bridgehead atoms. The van der Waals surface area contributed by atoms with Gasteiger partial charge in [-0.05, 0) is 33.8 Å². The number of carbonyl (C=O) groups excluding carboxylic acids is 2. The Hall–Kier alpha value is -6.08. The van der Waals surface area contributed by atoms with Gasteiger partial charge in [-0.1, -0.05) is 51.1 Å². The van der Waals surface area contributed by atoms with Crippen LogP contribution in [0.2, 0.25) is 0 Å². The van der Waals surface area contributed by atoms with Crippen LogP contribution in [0.1, 0.15) is 79.5 Å². The molecule has 0 aliphatic carbocycles. The number of rotatable bonds is 5. The Morgan fingerprint density at radius 3 is 2.29 bits per heavy atom. The predicted molar refractivity (Wildman–Crippen MR) is 257 cm³/mol. The first-order chi connectivity index (χ1) is 32.1. The number of hydrogen-bond acceptors (Lipinski definition) is 17. The Morgan fingerprint density at radius 1 is 0.971 bits per heavy atom. The summed E-state index contributed by atoms with van der Waals surface area (Å²) in [6.45, 7) is 19.8. The van der Waals surface area contributed by atoms with Crippen LogP contribution in [-0.2, 0) is 23.8 Å². The van der Waals surface area contributed by atoms with Gasteiger partial charge in [-0.25, -0.2) is 4.98 Å². The molecule has 4 aromatic rings. The number of phenols is 2. The Labute approximate surface area is 394 Å². The van der Waals surface area contributed by atoms with E-state index in [0.29, 0.717) is 24.8 Å². The highest BCUT2D eigenvalue weighted by Crippen LogP contribution is 2.54. The number of phenolic OH excluding ortho intramolecular Hbond substituents is 2. The molecule has 3 aliphatic heterocycles. The summed E-state index contributed by atoms with van der Waals surface area (Å²) >= 11 is 0. The van der Waals surface area contributed by atoms with E-state index >= 15 is 0 Å². The molecule has 366 valence electrons. The molecule has 0 radical (unpaired) electrons. The van der Waals surface area contributed by atoms with Crippen LogP contribution in [0.5, 0.6) is 17.2 Å². The minimum atomic E-state index is -1.92. The number of ether oxygens (including phenoxy) is 4. The number of benzene rings is 3. The molecule has 1 aromatic heterocycles. The summed E-state index contributed by atoms with van der Waals surface area (Å²) in [6, 6.07) is 2.13. The zero-order chi connectivity index (χ0) is 49.7. The number of nitrogens with one attached hydrogen (secondary N) is 1. The van der Waals surface area contributed by atoms with Gasteiger partial charge in [-0.15, -0.1) is 4.91 Å². The number of piperazine rings is 1. The smallest absolute Gasteiger partial charge is 0.302 e. The minimum absolute atomic E-state index is 0.00167. The first-order valence-corrected chi connectivity index (χ1v) is 23.0. The van der Waals surface area contributed by atoms with Crippen LogP contribution in [0, 0.1) is 35.5 Å². The number of nitroso groups, excluding NO2 is 1. The largest absolute Gasteiger partial charge is 0.505 e. The molecule has 10 atom stereocenters. The molecule has 1 saturated heterocycles. The molecule has 7 rings (SSSR count). The Kier molecular flexibility index (Phi) is 14.3. The van der Waals surface area contributed by atoms with Crippen molar-refractivity contribution in [3.05, 3.63) is 74.5 Å². The number of hydrogen-bond donors (Lipinski definition) is 5. The fourth-order valence-electron chi connectivity index (χ4n) is 9.86. The number of carbonyl (C=O) groups is 2. The summed E-state index contributed by atoms with van der Waals surface area (Å²) < 4.78 is 30.8. The lowest BCUT2D eigenvalue weighted by molar-refractivity contribution is -0.160. The number of nitrogens with zero attached hydrogens (tertiary/aromatic N) is 4. The van der Waals surface area contributed by atoms with E-state index in [4.69, 9.17) is 28.3 Å². The maximum Gasteiger partial charge on any atom is 0.302 e. The predicted octanol–water partition coefficient (Wildman–Crippen LogP) is 6.86. The fourth-order valence-corrected chi connectivity index (χ4v) is 9.86. The highest BCUT2D eigenvalue weighted by Gasteiger charge is 2.52. The second-order valence-corrected chi connectivity index (χ2v) is 18.9. The van der Waals surface area contributed by atoms with Crippen molar-refractivity contribution in [3.8, 4) is 17.2 Å². The third-order valence-electron chi connectivity index (χ3n) is 14.1. The molecule has 1 amide bonds. The van der Waals surface area contributed by atoms with Gasteiger partial charge in [-0.3, -0.25) is 19.3 Å². The normalized spacial score (nSPS) is 28.8. The van der Waals surface area contributed by atoms with Crippen LogP contribution in [0.25, 0.3) is 33.0 Å². The van der Waals surface area contributed by atoms with Crippen molar-refractivity contribution in [1.29, 1.82) is 0 Å². The standard InChI is InChI=1S/C50H63N5O13/c1-23(2)54-16-18-55(19-17-54)31-21-32(57)38-34(22-31)67-47-39(51-38)35-36-43(60)29(8)46-37(35)48(53-63)50(10,68-46)65-20-15-33(64-11)26(5)45(66-30(9)56)28(7)42(59)27(6)41(58)24(3)13-12-14-25(4)49(62)52-40(47)44(36)61/h12-15,20-24,26-28,33,41-42,45,48,57-59,61H,16-19H2,1-11H3,(H,52,62)/t24-,26+,27+,28+,33-,41-,42+,45+,48?,50-/m0/s1. The number of fused-ring (bicyclic) bond motifs is 2. The average molecular weight is 942 g/mol. The number of aliphatic hydroxyl groups is 2. The number of aromatic nitrogens is 1. The Balaban J connectivity index is 1.46. The molecule has 0 saturated carbocycles. The number of amides is 1. The molecule has 18 heteroatoms. The van der Waals surface area contributed by atoms with Gasteiger partial charge in [-0.2, -0.15) is 0 Å². The van der Waals surface area contributed by atoms with Crippen LogP contribution in [0.3, 0.4) is 0 Å². The molecular formula is C50H63N5O13. The summed E-state index contributed by atoms with van der Waals surface area (Å²) in [4.78, 5) is 63.6. The van der Waals surface area contributed by atoms with Crippen molar-refractivity contribution >= 4 is 56.2 Å². The van der Waals surface area contributed by atoms with Gasteiger partial charge in [0, 0.05) is 117 Å². The molecular weight excluding hydrogens is 879 g/mol. The van der Waals surface area contributed by atoms with Gasteiger partial charge in [0.05, 0.1) is 30.0 Å². The van der Waals surface area contributed by atoms with Crippen molar-refractivity contribution in [2.75, 3.05) is 43.5 Å². The number of aliphatic hydroxyl groups excluding tert-OH is 2. The summed E-state index contributed by atoms with van der Waals surface area (Å²) in [5.41, 5.74) is -0.373. The summed E-state index contributed by atoms with van der Waals surface area (Å²) in [7, 11) is 1.44. The molecule has 1 fully saturated rings. The van der Waals surface area contributed by atoms with E-state index in [1.54, 1.807) is 52.0 Å². The molecule has 18 nitrogen and oxygen atoms in total. The first kappa shape index (κ1) is 49.8. The zero-order valence-corrected chi connectivity index (χ0v) is 40.4. The topological polar surface area (TPSA) is 243 Å². The van der Waals surface area contributed by atoms with Gasteiger partial charge in [0.25, 0.3) is 11.7 Å². The summed E-state index contributed by atoms with van der Waals surface area (Å²) in [6.07, 6.45) is 3.56. The van der Waals surface area contributed by atoms with Crippen molar-refractivity contribution in [3.63, 3.8) is 0 Å². The van der Waals surface area contributed by atoms with Gasteiger partial charge < -0.3 is 54.0 Å². The number of anilines is 2. The van der Waals surface area contributed by atoms with E-state index in [-0.39, 0.29) is 66.9 Å². The van der Waals surface area contributed by atoms with Crippen LogP contribution in [0.4, 0.5) is 11.4 Å². The van der Waals surface area contributed by atoms with E-state index in [2.05, 4.69) is 34.1 Å². The van der Waals surface area contributed by atoms with Gasteiger partial charge in [0.2, 0.25) is 0 Å². The Bertz CT molecular complexity index is 2780. The number of esters is 1. The summed E-state index contributed by atoms with van der Waals surface area (Å²) in [5.74, 6) is -6.76. The number of aromatic hydroxyl groups is 2. The third-order valence-corrected chi connectivity index (χ3v) is 14.1. The summed E-state index contributed by atoms with van der Waals surface area (Å²) in [5, 5.41) is 52.8. The van der Waals surface area contributed by atoms with Crippen molar-refractivity contribution in [2.24, 2.45) is 28.8 Å². The van der Waals surface area contributed by atoms with Crippen molar-refractivity contribution in [2.45, 2.75) is 112 Å². The average Bonchev–Trinajstić information content (AvgIpc) is 3.61. The van der Waals surface area contributed by atoms with Crippen LogP contribution >= 0.6 is 0 Å². The lowest BCUT2D eigenvalue weighted by Crippen LogP contribution is -2.48. The van der Waals surface area contributed by atoms with Crippen molar-refractivity contribution < 1.29 is 53.4 Å². The fraction of sp³-hybridized carbons (Fsp3) is 0.520. The third kappa shape index (κ3) is 9.01. The monoisotopic (exact) mass is 941 g/mol. The SMILES string of the molecule is CO[C@H]1C=CO[C@@]2(C)Oc3c(C)c(=O)c4c(O)c(c5oc6cc(N7CCN(C(C)C)CC7)cc(O)c6nc5c4c3C2N=O)NC(=O)C(C)=CC=C[C@H](C)[C@H](O)[C@@H](C)[C@@H](O)[C@@H](C)[C@H](OC(C)=O)[C@@H]1C. The minimum Gasteiger partial charge on any atom is -0.505 e. The Morgan fingerprint density at radius 2 is 1.66 bits per heavy atom. The molecule has 4 heterocycles. The number of methoxy groups -OCH3 is 1. The van der Waals surface area contributed by atoms with Gasteiger partial charge >= 0.3 is 5.97 Å². The van der Waals surface area contributed by atoms with Gasteiger partial charge in [0.15, 0.2) is 28.4 Å². The van der Waals surface area contributed by atoms with Gasteiger partial charge in [0.1, 0.15) is 34.3 Å². The quantitative estimate of drug-likeness (QED) is 0.0451. The zero-order valence-electron chi connectivity index (χ0n) is 40.4. The molecule has 3 aliphatic rings.